The van der Waals surface area contributed by atoms with Gasteiger partial charge in [0.15, 0.2) is 17.5 Å². The maximum atomic E-state index is 13.9. The Balaban J connectivity index is 1.69. The topological polar surface area (TPSA) is 99.6 Å². The van der Waals surface area contributed by atoms with Crippen LogP contribution in [0.3, 0.4) is 0 Å². The number of hydrogen-bond acceptors (Lipinski definition) is 6. The molecule has 0 aliphatic rings. The Morgan fingerprint density at radius 1 is 0.973 bits per heavy atom. The highest BCUT2D eigenvalue weighted by atomic mass is 19.2. The summed E-state index contributed by atoms with van der Waals surface area (Å²) < 4.78 is 44.9. The molecule has 1 N–H and O–H groups in total. The first-order chi connectivity index (χ1) is 17.6. The van der Waals surface area contributed by atoms with Crippen molar-refractivity contribution in [3.8, 4) is 5.69 Å². The summed E-state index contributed by atoms with van der Waals surface area (Å²) in [6.45, 7) is 3.14. The highest BCUT2D eigenvalue weighted by molar-refractivity contribution is 5.84. The largest absolute Gasteiger partial charge is 0.359 e. The van der Waals surface area contributed by atoms with Crippen molar-refractivity contribution in [1.82, 2.24) is 28.9 Å². The average molecular weight is 507 g/mol. The van der Waals surface area contributed by atoms with Gasteiger partial charge in [-0.15, -0.1) is 0 Å². The second kappa shape index (κ2) is 9.04. The minimum absolute atomic E-state index is 0.0460. The van der Waals surface area contributed by atoms with E-state index < -0.39 is 35.4 Å². The van der Waals surface area contributed by atoms with Crippen LogP contribution >= 0.6 is 0 Å². The second-order valence-electron chi connectivity index (χ2n) is 8.67. The number of fused-ring (bicyclic) bond motifs is 1. The normalized spacial score (nSPS) is 11.3. The Kier molecular flexibility index (Phi) is 5.86. The van der Waals surface area contributed by atoms with E-state index in [4.69, 9.17) is 0 Å². The van der Waals surface area contributed by atoms with Gasteiger partial charge in [0.05, 0.1) is 23.9 Å². The molecule has 0 aliphatic heterocycles. The van der Waals surface area contributed by atoms with Crippen LogP contribution in [0.4, 0.5) is 24.8 Å². The van der Waals surface area contributed by atoms with E-state index in [-0.39, 0.29) is 17.2 Å². The van der Waals surface area contributed by atoms with Gasteiger partial charge in [0.25, 0.3) is 0 Å². The molecular formula is C25H20F3N7O2. The molecule has 188 valence electrons. The molecule has 0 amide bonds. The maximum Gasteiger partial charge on any atom is 0.359 e. The van der Waals surface area contributed by atoms with E-state index in [1.165, 1.54) is 6.20 Å². The van der Waals surface area contributed by atoms with Gasteiger partial charge in [-0.3, -0.25) is 14.2 Å². The lowest BCUT2D eigenvalue weighted by molar-refractivity contribution is 0.444. The number of anilines is 2. The van der Waals surface area contributed by atoms with Crippen LogP contribution < -0.4 is 16.7 Å². The van der Waals surface area contributed by atoms with Crippen molar-refractivity contribution in [1.29, 1.82) is 0 Å². The van der Waals surface area contributed by atoms with Crippen LogP contribution in [-0.4, -0.2) is 28.9 Å². The molecule has 0 radical (unpaired) electrons. The number of rotatable bonds is 5. The van der Waals surface area contributed by atoms with E-state index in [2.05, 4.69) is 20.4 Å². The first-order valence-corrected chi connectivity index (χ1v) is 11.1. The summed E-state index contributed by atoms with van der Waals surface area (Å²) >= 11 is 0. The molecule has 0 unspecified atom stereocenters. The number of nitrogens with zero attached hydrogens (tertiary/aromatic N) is 6. The van der Waals surface area contributed by atoms with E-state index in [0.29, 0.717) is 11.3 Å². The van der Waals surface area contributed by atoms with Crippen molar-refractivity contribution in [2.45, 2.75) is 20.4 Å². The molecule has 37 heavy (non-hydrogen) atoms. The van der Waals surface area contributed by atoms with Gasteiger partial charge < -0.3 is 5.32 Å². The van der Waals surface area contributed by atoms with Crippen molar-refractivity contribution >= 4 is 22.5 Å². The van der Waals surface area contributed by atoms with Crippen molar-refractivity contribution in [3.05, 3.63) is 104 Å². The molecule has 0 fully saturated rings. The standard InChI is InChI=1S/C25H20F3N7O2/c1-13-4-17(10-29-9-13)35-24(36)31-23(30-20-8-16-12-33(3)32-21(16)5-14(20)2)34(25(35)37)11-15-6-18(26)22(28)19(27)7-15/h4-10,12H,11H2,1-3H3,(H,30,31,36). The molecule has 0 spiro atoms. The van der Waals surface area contributed by atoms with Gasteiger partial charge in [-0.2, -0.15) is 10.1 Å². The SMILES string of the molecule is Cc1cncc(-n2c(=O)nc(Nc3cc4cn(C)nc4cc3C)n(Cc3cc(F)c(F)c(F)c3)c2=O)c1. The lowest BCUT2D eigenvalue weighted by Crippen LogP contribution is -2.41. The van der Waals surface area contributed by atoms with Crippen LogP contribution in [0.1, 0.15) is 16.7 Å². The molecule has 3 aromatic heterocycles. The first kappa shape index (κ1) is 24.0. The fourth-order valence-electron chi connectivity index (χ4n) is 4.05. The van der Waals surface area contributed by atoms with E-state index >= 15 is 0 Å². The maximum absolute atomic E-state index is 13.9. The molecule has 2 aromatic carbocycles. The zero-order chi connectivity index (χ0) is 26.4. The molecule has 0 aliphatic carbocycles. The highest BCUT2D eigenvalue weighted by Crippen LogP contribution is 2.25. The van der Waals surface area contributed by atoms with E-state index in [1.54, 1.807) is 43.2 Å². The van der Waals surface area contributed by atoms with Crippen LogP contribution in [0.2, 0.25) is 0 Å². The fraction of sp³-hybridized carbons (Fsp3) is 0.160. The van der Waals surface area contributed by atoms with Crippen molar-refractivity contribution < 1.29 is 13.2 Å². The zero-order valence-electron chi connectivity index (χ0n) is 20.0. The summed E-state index contributed by atoms with van der Waals surface area (Å²) in [4.78, 5) is 34.7. The average Bonchev–Trinajstić information content (AvgIpc) is 3.18. The minimum atomic E-state index is -1.62. The third-order valence-corrected chi connectivity index (χ3v) is 5.79. The summed E-state index contributed by atoms with van der Waals surface area (Å²) in [6, 6.07) is 6.75. The second-order valence-corrected chi connectivity index (χ2v) is 8.67. The Bertz CT molecular complexity index is 1780. The van der Waals surface area contributed by atoms with Crippen LogP contribution in [0.15, 0.2) is 58.5 Å². The Morgan fingerprint density at radius 3 is 2.41 bits per heavy atom. The molecule has 12 heteroatoms. The molecular weight excluding hydrogens is 487 g/mol. The third kappa shape index (κ3) is 4.48. The summed E-state index contributed by atoms with van der Waals surface area (Å²) in [6.07, 6.45) is 4.68. The monoisotopic (exact) mass is 507 g/mol. The number of hydrogen-bond donors (Lipinski definition) is 1. The van der Waals surface area contributed by atoms with Crippen LogP contribution in [0.25, 0.3) is 16.6 Å². The lowest BCUT2D eigenvalue weighted by atomic mass is 10.1. The first-order valence-electron chi connectivity index (χ1n) is 11.1. The minimum Gasteiger partial charge on any atom is -0.325 e. The number of aryl methyl sites for hydroxylation is 3. The Labute approximate surface area is 207 Å². The van der Waals surface area contributed by atoms with Gasteiger partial charge >= 0.3 is 11.4 Å². The van der Waals surface area contributed by atoms with Gasteiger partial charge in [-0.1, -0.05) is 0 Å². The zero-order valence-corrected chi connectivity index (χ0v) is 20.0. The molecule has 0 bridgehead atoms. The number of benzene rings is 2. The predicted molar refractivity (Wildman–Crippen MR) is 131 cm³/mol. The van der Waals surface area contributed by atoms with E-state index in [9.17, 15) is 22.8 Å². The number of nitrogens with one attached hydrogen (secondary N) is 1. The smallest absolute Gasteiger partial charge is 0.325 e. The molecule has 5 aromatic rings. The van der Waals surface area contributed by atoms with Crippen molar-refractivity contribution in [3.63, 3.8) is 0 Å². The Hall–Kier alpha value is -4.74. The number of pyridine rings is 1. The van der Waals surface area contributed by atoms with Gasteiger partial charge in [0, 0.05) is 30.5 Å². The lowest BCUT2D eigenvalue weighted by Gasteiger charge is -2.17. The third-order valence-electron chi connectivity index (χ3n) is 5.79. The molecule has 0 saturated carbocycles. The molecule has 9 nitrogen and oxygen atoms in total. The molecule has 0 atom stereocenters. The van der Waals surface area contributed by atoms with Gasteiger partial charge in [0.1, 0.15) is 0 Å². The fourth-order valence-corrected chi connectivity index (χ4v) is 4.05. The molecule has 3 heterocycles. The summed E-state index contributed by atoms with van der Waals surface area (Å²) in [5, 5.41) is 8.15. The summed E-state index contributed by atoms with van der Waals surface area (Å²) in [7, 11) is 1.78. The van der Waals surface area contributed by atoms with Crippen LogP contribution in [0, 0.1) is 31.3 Å². The Morgan fingerprint density at radius 2 is 1.70 bits per heavy atom. The summed E-state index contributed by atoms with van der Waals surface area (Å²) in [5.41, 5.74) is 1.14. The summed E-state index contributed by atoms with van der Waals surface area (Å²) in [5.74, 6) is -4.59. The van der Waals surface area contributed by atoms with Crippen molar-refractivity contribution in [2.75, 3.05) is 5.32 Å². The predicted octanol–water partition coefficient (Wildman–Crippen LogP) is 3.50. The molecule has 0 saturated heterocycles. The van der Waals surface area contributed by atoms with Gasteiger partial charge in [-0.05, 0) is 60.9 Å². The number of aromatic nitrogens is 6. The van der Waals surface area contributed by atoms with E-state index in [1.807, 2.05) is 13.0 Å². The molecule has 5 rings (SSSR count). The van der Waals surface area contributed by atoms with E-state index in [0.717, 1.165) is 37.7 Å². The van der Waals surface area contributed by atoms with Crippen molar-refractivity contribution in [2.24, 2.45) is 7.05 Å². The van der Waals surface area contributed by atoms with Crippen LogP contribution in [-0.2, 0) is 13.6 Å². The van der Waals surface area contributed by atoms with Crippen LogP contribution in [0.5, 0.6) is 0 Å². The number of halogens is 3. The van der Waals surface area contributed by atoms with Gasteiger partial charge in [0.2, 0.25) is 5.95 Å². The van der Waals surface area contributed by atoms with Gasteiger partial charge in [-0.25, -0.2) is 27.3 Å². The quantitative estimate of drug-likeness (QED) is 0.366. The highest BCUT2D eigenvalue weighted by Gasteiger charge is 2.19.